The third-order valence-corrected chi connectivity index (χ3v) is 4.56. The van der Waals surface area contributed by atoms with E-state index in [1.165, 1.54) is 0 Å². The van der Waals surface area contributed by atoms with Crippen molar-refractivity contribution < 1.29 is 15.0 Å². The lowest BCUT2D eigenvalue weighted by Crippen LogP contribution is -2.45. The van der Waals surface area contributed by atoms with E-state index >= 15 is 0 Å². The van der Waals surface area contributed by atoms with Crippen LogP contribution in [0.1, 0.15) is 32.1 Å². The number of carbonyl (C=O) groups is 1. The smallest absolute Gasteiger partial charge is 0.303 e. The van der Waals surface area contributed by atoms with Crippen LogP contribution in [0.2, 0.25) is 0 Å². The molecule has 0 unspecified atom stereocenters. The molecule has 1 aliphatic rings. The van der Waals surface area contributed by atoms with Crippen molar-refractivity contribution in [2.24, 2.45) is 0 Å². The van der Waals surface area contributed by atoms with E-state index < -0.39 is 5.97 Å². The molecule has 110 valence electrons. The molecule has 5 nitrogen and oxygen atoms in total. The Morgan fingerprint density at radius 3 is 2.74 bits per heavy atom. The quantitative estimate of drug-likeness (QED) is 0.495. The molecule has 7 heteroatoms. The van der Waals surface area contributed by atoms with Crippen LogP contribution in [0.15, 0.2) is 0 Å². The van der Waals surface area contributed by atoms with Crippen LogP contribution < -0.4 is 0 Å². The van der Waals surface area contributed by atoms with Crippen molar-refractivity contribution in [3.8, 4) is 0 Å². The van der Waals surface area contributed by atoms with E-state index in [1.54, 1.807) is 11.8 Å². The zero-order valence-electron chi connectivity index (χ0n) is 11.1. The van der Waals surface area contributed by atoms with Gasteiger partial charge in [0.2, 0.25) is 0 Å². The van der Waals surface area contributed by atoms with Crippen molar-refractivity contribution in [2.45, 2.75) is 32.1 Å². The van der Waals surface area contributed by atoms with Gasteiger partial charge in [-0.05, 0) is 19.3 Å². The number of hydrogen-bond acceptors (Lipinski definition) is 5. The van der Waals surface area contributed by atoms with E-state index in [0.717, 1.165) is 55.6 Å². The largest absolute Gasteiger partial charge is 0.481 e. The van der Waals surface area contributed by atoms with Crippen molar-refractivity contribution >= 4 is 34.3 Å². The van der Waals surface area contributed by atoms with Crippen LogP contribution in [0.5, 0.6) is 0 Å². The highest BCUT2D eigenvalue weighted by Gasteiger charge is 2.20. The van der Waals surface area contributed by atoms with Gasteiger partial charge in [-0.3, -0.25) is 9.69 Å². The molecule has 1 saturated heterocycles. The molecule has 1 heterocycles. The van der Waals surface area contributed by atoms with E-state index in [0.29, 0.717) is 0 Å². The highest BCUT2D eigenvalue weighted by molar-refractivity contribution is 8.22. The first-order valence-electron chi connectivity index (χ1n) is 6.60. The number of hydrogen-bond donors (Lipinski definition) is 2. The molecule has 19 heavy (non-hydrogen) atoms. The van der Waals surface area contributed by atoms with Crippen LogP contribution in [0.4, 0.5) is 0 Å². The van der Waals surface area contributed by atoms with Crippen LogP contribution in [0.3, 0.4) is 0 Å². The first-order chi connectivity index (χ1) is 9.13. The molecule has 0 bridgehead atoms. The Morgan fingerprint density at radius 1 is 1.26 bits per heavy atom. The number of unbranched alkanes of at least 4 members (excludes halogenated alkanes) is 2. The third-order valence-electron chi connectivity index (χ3n) is 2.95. The Labute approximate surface area is 123 Å². The number of thioether (sulfide) groups is 1. The van der Waals surface area contributed by atoms with Crippen molar-refractivity contribution in [3.05, 3.63) is 0 Å². The SMILES string of the molecule is O=C(O)CCCCCN1CSC(=S)N(CCCO)C1. The number of aliphatic hydroxyl groups is 1. The van der Waals surface area contributed by atoms with Gasteiger partial charge in [0.25, 0.3) is 0 Å². The summed E-state index contributed by atoms with van der Waals surface area (Å²) in [6.45, 7) is 2.80. The van der Waals surface area contributed by atoms with E-state index in [-0.39, 0.29) is 13.0 Å². The second-order valence-electron chi connectivity index (χ2n) is 4.62. The zero-order valence-corrected chi connectivity index (χ0v) is 12.7. The average Bonchev–Trinajstić information content (AvgIpc) is 2.38. The summed E-state index contributed by atoms with van der Waals surface area (Å²) in [7, 11) is 0. The molecule has 0 spiro atoms. The molecule has 0 amide bonds. The summed E-state index contributed by atoms with van der Waals surface area (Å²) >= 11 is 6.95. The summed E-state index contributed by atoms with van der Waals surface area (Å²) in [4.78, 5) is 14.8. The van der Waals surface area contributed by atoms with Gasteiger partial charge < -0.3 is 15.1 Å². The van der Waals surface area contributed by atoms with Crippen molar-refractivity contribution in [2.75, 3.05) is 32.2 Å². The fourth-order valence-corrected chi connectivity index (χ4v) is 3.07. The molecule has 2 N–H and O–H groups in total. The maximum Gasteiger partial charge on any atom is 0.303 e. The normalized spacial score (nSPS) is 16.9. The fourth-order valence-electron chi connectivity index (χ4n) is 1.93. The van der Waals surface area contributed by atoms with E-state index in [4.69, 9.17) is 22.4 Å². The second kappa shape index (κ2) is 9.52. The summed E-state index contributed by atoms with van der Waals surface area (Å²) in [5, 5.41) is 17.4. The van der Waals surface area contributed by atoms with Gasteiger partial charge >= 0.3 is 5.97 Å². The number of aliphatic hydroxyl groups excluding tert-OH is 1. The fraction of sp³-hybridized carbons (Fsp3) is 0.833. The van der Waals surface area contributed by atoms with Crippen LogP contribution >= 0.6 is 24.0 Å². The molecule has 1 fully saturated rings. The Kier molecular flexibility index (Phi) is 8.36. The summed E-state index contributed by atoms with van der Waals surface area (Å²) in [6, 6.07) is 0. The van der Waals surface area contributed by atoms with Gasteiger partial charge in [0.15, 0.2) is 0 Å². The highest BCUT2D eigenvalue weighted by Crippen LogP contribution is 2.19. The minimum absolute atomic E-state index is 0.193. The highest BCUT2D eigenvalue weighted by atomic mass is 32.2. The first kappa shape index (κ1) is 16.7. The molecule has 0 aromatic carbocycles. The average molecular weight is 306 g/mol. The molecular formula is C12H22N2O3S2. The zero-order chi connectivity index (χ0) is 14.1. The lowest BCUT2D eigenvalue weighted by Gasteiger charge is -2.36. The van der Waals surface area contributed by atoms with E-state index in [9.17, 15) is 4.79 Å². The van der Waals surface area contributed by atoms with Gasteiger partial charge in [-0.25, -0.2) is 0 Å². The monoisotopic (exact) mass is 306 g/mol. The number of carboxylic acids is 1. The summed E-state index contributed by atoms with van der Waals surface area (Å²) < 4.78 is 0.913. The summed E-state index contributed by atoms with van der Waals surface area (Å²) in [6.07, 6.45) is 3.74. The Bertz CT molecular complexity index is 303. The number of rotatable bonds is 9. The van der Waals surface area contributed by atoms with E-state index in [1.807, 2.05) is 0 Å². The van der Waals surface area contributed by atoms with Gasteiger partial charge in [-0.15, -0.1) is 0 Å². The molecule has 0 aromatic rings. The van der Waals surface area contributed by atoms with Gasteiger partial charge in [-0.2, -0.15) is 0 Å². The van der Waals surface area contributed by atoms with Crippen molar-refractivity contribution in [1.29, 1.82) is 0 Å². The molecule has 0 atom stereocenters. The minimum atomic E-state index is -0.714. The lowest BCUT2D eigenvalue weighted by molar-refractivity contribution is -0.137. The maximum atomic E-state index is 10.4. The van der Waals surface area contributed by atoms with Crippen molar-refractivity contribution in [3.63, 3.8) is 0 Å². The molecular weight excluding hydrogens is 284 g/mol. The Hall–Kier alpha value is -0.370. The Morgan fingerprint density at radius 2 is 2.05 bits per heavy atom. The number of nitrogens with zero attached hydrogens (tertiary/aromatic N) is 2. The van der Waals surface area contributed by atoms with Crippen LogP contribution in [-0.4, -0.2) is 62.5 Å². The number of carboxylic acid groups (broad SMARTS) is 1. The predicted molar refractivity (Wildman–Crippen MR) is 81.1 cm³/mol. The standard InChI is InChI=1S/C12H22N2O3S2/c15-8-4-7-14-9-13(10-19-12(14)18)6-3-1-2-5-11(16)17/h15H,1-10H2,(H,16,17). The van der Waals surface area contributed by atoms with Crippen LogP contribution in [-0.2, 0) is 4.79 Å². The molecule has 0 aliphatic carbocycles. The number of thiocarbonyl (C=S) groups is 1. The minimum Gasteiger partial charge on any atom is -0.481 e. The molecule has 1 rings (SSSR count). The van der Waals surface area contributed by atoms with E-state index in [2.05, 4.69) is 9.80 Å². The predicted octanol–water partition coefficient (Wildman–Crippen LogP) is 1.56. The van der Waals surface area contributed by atoms with Gasteiger partial charge in [-0.1, -0.05) is 30.4 Å². The summed E-state index contributed by atoms with van der Waals surface area (Å²) in [5.74, 6) is 0.196. The third kappa shape index (κ3) is 7.10. The van der Waals surface area contributed by atoms with Crippen LogP contribution in [0, 0.1) is 0 Å². The molecule has 0 radical (unpaired) electrons. The van der Waals surface area contributed by atoms with Gasteiger partial charge in [0.1, 0.15) is 4.32 Å². The molecule has 0 saturated carbocycles. The Balaban J connectivity index is 2.16. The first-order valence-corrected chi connectivity index (χ1v) is 7.99. The molecule has 1 aliphatic heterocycles. The van der Waals surface area contributed by atoms with Gasteiger partial charge in [0, 0.05) is 26.1 Å². The van der Waals surface area contributed by atoms with Crippen LogP contribution in [0.25, 0.3) is 0 Å². The maximum absolute atomic E-state index is 10.4. The second-order valence-corrected chi connectivity index (χ2v) is 6.20. The van der Waals surface area contributed by atoms with Crippen molar-refractivity contribution in [1.82, 2.24) is 9.80 Å². The summed E-state index contributed by atoms with van der Waals surface area (Å²) in [5.41, 5.74) is 0. The lowest BCUT2D eigenvalue weighted by atomic mass is 10.2. The molecule has 0 aromatic heterocycles. The van der Waals surface area contributed by atoms with Gasteiger partial charge in [0.05, 0.1) is 12.5 Å². The number of aliphatic carboxylic acids is 1. The topological polar surface area (TPSA) is 64.0 Å².